The van der Waals surface area contributed by atoms with E-state index in [1.807, 2.05) is 6.07 Å². The van der Waals surface area contributed by atoms with Crippen molar-refractivity contribution in [1.29, 1.82) is 5.26 Å². The minimum Gasteiger partial charge on any atom is -0.382 e. The van der Waals surface area contributed by atoms with Gasteiger partial charge in [-0.3, -0.25) is 0 Å². The third-order valence-corrected chi connectivity index (χ3v) is 2.95. The highest BCUT2D eigenvalue weighted by Crippen LogP contribution is 2.27. The maximum Gasteiger partial charge on any atom is 0.166 e. The summed E-state index contributed by atoms with van der Waals surface area (Å²) in [4.78, 5) is 0. The minimum absolute atomic E-state index is 0.0797. The Kier molecular flexibility index (Phi) is 2.84. The lowest BCUT2D eigenvalue weighted by Gasteiger charge is -2.04. The lowest BCUT2D eigenvalue weighted by molar-refractivity contribution is 0.897. The second-order valence-corrected chi connectivity index (χ2v) is 4.08. The molecule has 4 N–H and O–H groups in total. The Morgan fingerprint density at radius 1 is 1.24 bits per heavy atom. The van der Waals surface area contributed by atoms with Gasteiger partial charge >= 0.3 is 0 Å². The van der Waals surface area contributed by atoms with Crippen LogP contribution in [0.5, 0.6) is 0 Å². The van der Waals surface area contributed by atoms with E-state index in [4.69, 9.17) is 39.9 Å². The van der Waals surface area contributed by atoms with E-state index in [0.717, 1.165) is 0 Å². The van der Waals surface area contributed by atoms with Crippen LogP contribution in [0.15, 0.2) is 18.2 Å². The normalized spacial score (nSPS) is 10.2. The number of aromatic nitrogens is 2. The molecule has 7 heteroatoms. The van der Waals surface area contributed by atoms with Gasteiger partial charge < -0.3 is 11.5 Å². The number of benzene rings is 1. The predicted molar refractivity (Wildman–Crippen MR) is 67.1 cm³/mol. The Morgan fingerprint density at radius 2 is 1.94 bits per heavy atom. The largest absolute Gasteiger partial charge is 0.382 e. The summed E-state index contributed by atoms with van der Waals surface area (Å²) in [7, 11) is 0. The van der Waals surface area contributed by atoms with Crippen molar-refractivity contribution in [3.8, 4) is 11.8 Å². The maximum atomic E-state index is 8.85. The van der Waals surface area contributed by atoms with Crippen LogP contribution in [0.2, 0.25) is 10.0 Å². The van der Waals surface area contributed by atoms with E-state index in [9.17, 15) is 0 Å². The van der Waals surface area contributed by atoms with Crippen LogP contribution >= 0.6 is 23.2 Å². The van der Waals surface area contributed by atoms with Crippen LogP contribution in [0.25, 0.3) is 5.69 Å². The van der Waals surface area contributed by atoms with Gasteiger partial charge in [0.25, 0.3) is 0 Å². The number of halogens is 2. The van der Waals surface area contributed by atoms with Crippen molar-refractivity contribution in [2.24, 2.45) is 0 Å². The van der Waals surface area contributed by atoms with Gasteiger partial charge in [0.05, 0.1) is 15.7 Å². The Bertz CT molecular complexity index is 626. The molecule has 0 radical (unpaired) electrons. The van der Waals surface area contributed by atoms with Crippen LogP contribution < -0.4 is 11.5 Å². The Labute approximate surface area is 107 Å². The van der Waals surface area contributed by atoms with Crippen molar-refractivity contribution in [1.82, 2.24) is 9.78 Å². The molecule has 0 atom stereocenters. The summed E-state index contributed by atoms with van der Waals surface area (Å²) in [6.07, 6.45) is 0. The molecule has 0 aliphatic heterocycles. The van der Waals surface area contributed by atoms with Crippen molar-refractivity contribution in [2.75, 3.05) is 11.5 Å². The fourth-order valence-electron chi connectivity index (χ4n) is 1.38. The van der Waals surface area contributed by atoms with Crippen molar-refractivity contribution in [3.63, 3.8) is 0 Å². The van der Waals surface area contributed by atoms with Crippen LogP contribution in [-0.4, -0.2) is 9.78 Å². The predicted octanol–water partition coefficient (Wildman–Crippen LogP) is 2.22. The van der Waals surface area contributed by atoms with E-state index in [-0.39, 0.29) is 17.2 Å². The fourth-order valence-corrected chi connectivity index (χ4v) is 1.67. The zero-order valence-corrected chi connectivity index (χ0v) is 10.00. The van der Waals surface area contributed by atoms with Gasteiger partial charge in [-0.05, 0) is 18.2 Å². The molecular weight excluding hydrogens is 261 g/mol. The van der Waals surface area contributed by atoms with Crippen LogP contribution in [0, 0.1) is 11.3 Å². The summed E-state index contributed by atoms with van der Waals surface area (Å²) < 4.78 is 1.34. The van der Waals surface area contributed by atoms with Crippen LogP contribution in [0.3, 0.4) is 0 Å². The van der Waals surface area contributed by atoms with Crippen LogP contribution in [0.4, 0.5) is 11.6 Å². The van der Waals surface area contributed by atoms with Gasteiger partial charge in [-0.15, -0.1) is 5.10 Å². The molecule has 2 aromatic rings. The minimum atomic E-state index is 0.0797. The van der Waals surface area contributed by atoms with E-state index in [1.165, 1.54) is 4.68 Å². The third kappa shape index (κ3) is 1.88. The first-order valence-electron chi connectivity index (χ1n) is 4.54. The number of nitrogen functional groups attached to an aromatic ring is 2. The molecule has 2 rings (SSSR count). The number of hydrogen-bond donors (Lipinski definition) is 2. The quantitative estimate of drug-likeness (QED) is 0.829. The zero-order chi connectivity index (χ0) is 12.6. The van der Waals surface area contributed by atoms with Gasteiger partial charge in [-0.25, -0.2) is 4.68 Å². The number of nitrogens with zero attached hydrogens (tertiary/aromatic N) is 3. The first-order valence-corrected chi connectivity index (χ1v) is 5.29. The lowest BCUT2D eigenvalue weighted by atomic mass is 10.3. The molecule has 0 spiro atoms. The summed E-state index contributed by atoms with van der Waals surface area (Å²) in [6, 6.07) is 6.77. The lowest BCUT2D eigenvalue weighted by Crippen LogP contribution is -2.02. The van der Waals surface area contributed by atoms with Crippen LogP contribution in [0.1, 0.15) is 5.56 Å². The highest BCUT2D eigenvalue weighted by Gasteiger charge is 2.14. The molecular formula is C10H7Cl2N5. The Morgan fingerprint density at radius 3 is 2.47 bits per heavy atom. The first kappa shape index (κ1) is 11.6. The zero-order valence-electron chi connectivity index (χ0n) is 8.48. The van der Waals surface area contributed by atoms with E-state index in [0.29, 0.717) is 15.7 Å². The first-order chi connectivity index (χ1) is 8.04. The summed E-state index contributed by atoms with van der Waals surface area (Å²) in [6.45, 7) is 0. The molecule has 0 fully saturated rings. The average Bonchev–Trinajstić information content (AvgIpc) is 2.58. The average molecular weight is 268 g/mol. The second-order valence-electron chi connectivity index (χ2n) is 3.27. The Balaban J connectivity index is 2.62. The smallest absolute Gasteiger partial charge is 0.166 e. The number of nitrogens with two attached hydrogens (primary N) is 2. The van der Waals surface area contributed by atoms with Gasteiger partial charge in [0, 0.05) is 0 Å². The highest BCUT2D eigenvalue weighted by atomic mass is 35.5. The van der Waals surface area contributed by atoms with Gasteiger partial charge in [-0.2, -0.15) is 5.26 Å². The topological polar surface area (TPSA) is 93.6 Å². The molecule has 0 aliphatic rings. The molecule has 0 aliphatic carbocycles. The fraction of sp³-hybridized carbons (Fsp3) is 0. The number of anilines is 2. The summed E-state index contributed by atoms with van der Waals surface area (Å²) >= 11 is 11.7. The molecule has 5 nitrogen and oxygen atoms in total. The molecule has 1 aromatic heterocycles. The second kappa shape index (κ2) is 4.17. The third-order valence-electron chi connectivity index (χ3n) is 2.21. The SMILES string of the molecule is N#Cc1c(N)nn(-c2ccc(Cl)c(Cl)c2)c1N. The van der Waals surface area contributed by atoms with Crippen LogP contribution in [-0.2, 0) is 0 Å². The molecule has 0 unspecified atom stereocenters. The van der Waals surface area contributed by atoms with Crippen molar-refractivity contribution < 1.29 is 0 Å². The Hall–Kier alpha value is -1.90. The number of hydrogen-bond acceptors (Lipinski definition) is 4. The molecule has 0 saturated carbocycles. The van der Waals surface area contributed by atoms with Gasteiger partial charge in [-0.1, -0.05) is 23.2 Å². The monoisotopic (exact) mass is 267 g/mol. The van der Waals surface area contributed by atoms with E-state index in [2.05, 4.69) is 5.10 Å². The summed E-state index contributed by atoms with van der Waals surface area (Å²) in [5.41, 5.74) is 12.1. The van der Waals surface area contributed by atoms with E-state index < -0.39 is 0 Å². The van der Waals surface area contributed by atoms with E-state index in [1.54, 1.807) is 18.2 Å². The molecule has 0 bridgehead atoms. The molecule has 17 heavy (non-hydrogen) atoms. The van der Waals surface area contributed by atoms with Gasteiger partial charge in [0.2, 0.25) is 0 Å². The van der Waals surface area contributed by atoms with Crippen molar-refractivity contribution >= 4 is 34.8 Å². The summed E-state index contributed by atoms with van der Waals surface area (Å²) in [5.74, 6) is 0.250. The highest BCUT2D eigenvalue weighted by molar-refractivity contribution is 6.42. The molecule has 0 saturated heterocycles. The standard InChI is InChI=1S/C10H7Cl2N5/c11-7-2-1-5(3-8(7)12)17-10(15)6(4-13)9(14)16-17/h1-3H,15H2,(H2,14,16). The van der Waals surface area contributed by atoms with Gasteiger partial charge in [0.1, 0.15) is 17.5 Å². The van der Waals surface area contributed by atoms with Gasteiger partial charge in [0.15, 0.2) is 5.82 Å². The molecule has 0 amide bonds. The number of rotatable bonds is 1. The molecule has 1 heterocycles. The van der Waals surface area contributed by atoms with E-state index >= 15 is 0 Å². The van der Waals surface area contributed by atoms with Crippen molar-refractivity contribution in [3.05, 3.63) is 33.8 Å². The maximum absolute atomic E-state index is 8.85. The van der Waals surface area contributed by atoms with Crippen molar-refractivity contribution in [2.45, 2.75) is 0 Å². The molecule has 86 valence electrons. The summed E-state index contributed by atoms with van der Waals surface area (Å²) in [5, 5.41) is 13.6. The molecule has 1 aromatic carbocycles. The number of nitriles is 1.